The summed E-state index contributed by atoms with van der Waals surface area (Å²) in [5, 5.41) is 4.13. The summed E-state index contributed by atoms with van der Waals surface area (Å²) >= 11 is 5.19. The van der Waals surface area contributed by atoms with Gasteiger partial charge < -0.3 is 4.74 Å². The van der Waals surface area contributed by atoms with Crippen molar-refractivity contribution in [3.8, 4) is 0 Å². The number of hydrogen-bond acceptors (Lipinski definition) is 4. The maximum Gasteiger partial charge on any atom is 0.107 e. The molecule has 1 aromatic rings. The molecule has 5 heteroatoms. The Balaban J connectivity index is 1.94. The van der Waals surface area contributed by atoms with E-state index in [0.717, 1.165) is 25.0 Å². The molecule has 0 spiro atoms. The maximum atomic E-state index is 5.68. The van der Waals surface area contributed by atoms with Gasteiger partial charge in [0.1, 0.15) is 5.01 Å². The Bertz CT molecular complexity index is 294. The van der Waals surface area contributed by atoms with Crippen LogP contribution in [0.4, 0.5) is 0 Å². The molecule has 1 fully saturated rings. The second-order valence-corrected chi connectivity index (χ2v) is 5.44. The lowest BCUT2D eigenvalue weighted by atomic mass is 10.2. The summed E-state index contributed by atoms with van der Waals surface area (Å²) in [4.78, 5) is 6.76. The van der Waals surface area contributed by atoms with Crippen LogP contribution in [0.25, 0.3) is 0 Å². The number of halogens is 1. The summed E-state index contributed by atoms with van der Waals surface area (Å²) in [6, 6.07) is 0.490. The summed E-state index contributed by atoms with van der Waals surface area (Å²) < 4.78 is 5.68. The Morgan fingerprint density at radius 2 is 2.60 bits per heavy atom. The lowest BCUT2D eigenvalue weighted by molar-refractivity contribution is -0.0499. The minimum absolute atomic E-state index is 0.321. The largest absolute Gasteiger partial charge is 0.374 e. The van der Waals surface area contributed by atoms with Gasteiger partial charge in [-0.15, -0.1) is 11.3 Å². The highest BCUT2D eigenvalue weighted by Crippen LogP contribution is 2.17. The van der Waals surface area contributed by atoms with E-state index in [2.05, 4.69) is 32.7 Å². The topological polar surface area (TPSA) is 25.4 Å². The molecule has 2 unspecified atom stereocenters. The zero-order chi connectivity index (χ0) is 10.7. The first-order valence-electron chi connectivity index (χ1n) is 5.09. The minimum Gasteiger partial charge on any atom is -0.374 e. The molecule has 0 aliphatic carbocycles. The van der Waals surface area contributed by atoms with Gasteiger partial charge in [0.2, 0.25) is 0 Å². The summed E-state index contributed by atoms with van der Waals surface area (Å²) in [5.74, 6) is 0. The van der Waals surface area contributed by atoms with Gasteiger partial charge in [-0.1, -0.05) is 15.9 Å². The van der Waals surface area contributed by atoms with Crippen LogP contribution in [0.2, 0.25) is 0 Å². The fourth-order valence-electron chi connectivity index (χ4n) is 1.69. The SMILES string of the molecule is CC1COC(CBr)CN1Cc1nccs1. The molecule has 2 rings (SSSR count). The molecule has 1 saturated heterocycles. The van der Waals surface area contributed by atoms with E-state index in [1.807, 2.05) is 11.6 Å². The lowest BCUT2D eigenvalue weighted by Gasteiger charge is -2.36. The Hall–Kier alpha value is 0.0300. The second-order valence-electron chi connectivity index (χ2n) is 3.81. The van der Waals surface area contributed by atoms with Crippen LogP contribution in [0.1, 0.15) is 11.9 Å². The smallest absolute Gasteiger partial charge is 0.107 e. The van der Waals surface area contributed by atoms with Crippen molar-refractivity contribution in [2.75, 3.05) is 18.5 Å². The van der Waals surface area contributed by atoms with Crippen molar-refractivity contribution in [3.05, 3.63) is 16.6 Å². The van der Waals surface area contributed by atoms with Crippen molar-refractivity contribution >= 4 is 27.3 Å². The second kappa shape index (κ2) is 5.39. The predicted octanol–water partition coefficient (Wildman–Crippen LogP) is 2.13. The molecule has 1 aromatic heterocycles. The fraction of sp³-hybridized carbons (Fsp3) is 0.700. The van der Waals surface area contributed by atoms with E-state index in [-0.39, 0.29) is 0 Å². The number of alkyl halides is 1. The van der Waals surface area contributed by atoms with Crippen molar-refractivity contribution in [2.24, 2.45) is 0 Å². The van der Waals surface area contributed by atoms with Gasteiger partial charge in [-0.3, -0.25) is 4.90 Å². The molecule has 0 amide bonds. The molecule has 1 aliphatic rings. The first-order chi connectivity index (χ1) is 7.29. The van der Waals surface area contributed by atoms with Gasteiger partial charge >= 0.3 is 0 Å². The van der Waals surface area contributed by atoms with E-state index < -0.39 is 0 Å². The van der Waals surface area contributed by atoms with Crippen molar-refractivity contribution < 1.29 is 4.74 Å². The normalized spacial score (nSPS) is 28.1. The van der Waals surface area contributed by atoms with Crippen LogP contribution in [0.5, 0.6) is 0 Å². The quantitative estimate of drug-likeness (QED) is 0.798. The van der Waals surface area contributed by atoms with Gasteiger partial charge in [-0.25, -0.2) is 4.98 Å². The van der Waals surface area contributed by atoms with Crippen LogP contribution in [0.3, 0.4) is 0 Å². The molecular formula is C10H15BrN2OS. The van der Waals surface area contributed by atoms with Gasteiger partial charge in [0, 0.05) is 29.5 Å². The minimum atomic E-state index is 0.321. The third-order valence-corrected chi connectivity index (χ3v) is 4.12. The fourth-order valence-corrected chi connectivity index (χ4v) is 2.73. The Morgan fingerprint density at radius 1 is 1.73 bits per heavy atom. The van der Waals surface area contributed by atoms with Gasteiger partial charge in [0.25, 0.3) is 0 Å². The monoisotopic (exact) mass is 290 g/mol. The zero-order valence-corrected chi connectivity index (χ0v) is 11.1. The molecule has 2 atom stereocenters. The maximum absolute atomic E-state index is 5.68. The van der Waals surface area contributed by atoms with Crippen molar-refractivity contribution in [1.82, 2.24) is 9.88 Å². The van der Waals surface area contributed by atoms with Crippen molar-refractivity contribution in [3.63, 3.8) is 0 Å². The van der Waals surface area contributed by atoms with Crippen LogP contribution in [0.15, 0.2) is 11.6 Å². The summed E-state index contributed by atoms with van der Waals surface area (Å²) in [6.45, 7) is 4.97. The third-order valence-electron chi connectivity index (χ3n) is 2.63. The van der Waals surface area contributed by atoms with Crippen molar-refractivity contribution in [2.45, 2.75) is 25.6 Å². The highest BCUT2D eigenvalue weighted by atomic mass is 79.9. The molecule has 2 heterocycles. The van der Waals surface area contributed by atoms with Gasteiger partial charge in [0.05, 0.1) is 19.3 Å². The molecule has 1 aliphatic heterocycles. The molecule has 0 saturated carbocycles. The summed E-state index contributed by atoms with van der Waals surface area (Å²) in [7, 11) is 0. The van der Waals surface area contributed by atoms with Crippen LogP contribution < -0.4 is 0 Å². The van der Waals surface area contributed by atoms with Gasteiger partial charge in [0.15, 0.2) is 0 Å². The number of thiazole rings is 1. The van der Waals surface area contributed by atoms with E-state index in [1.54, 1.807) is 11.3 Å². The number of ether oxygens (including phenoxy) is 1. The standard InChI is InChI=1S/C10H15BrN2OS/c1-8-7-14-9(4-11)5-13(8)6-10-12-2-3-15-10/h2-3,8-9H,4-7H2,1H3. The average molecular weight is 291 g/mol. The van der Waals surface area contributed by atoms with Crippen molar-refractivity contribution in [1.29, 1.82) is 0 Å². The van der Waals surface area contributed by atoms with E-state index >= 15 is 0 Å². The van der Waals surface area contributed by atoms with Gasteiger partial charge in [-0.2, -0.15) is 0 Å². The van der Waals surface area contributed by atoms with E-state index in [0.29, 0.717) is 12.1 Å². The van der Waals surface area contributed by atoms with Gasteiger partial charge in [-0.05, 0) is 6.92 Å². The van der Waals surface area contributed by atoms with Crippen LogP contribution in [-0.4, -0.2) is 40.5 Å². The number of morpholine rings is 1. The molecule has 0 radical (unpaired) electrons. The number of aromatic nitrogens is 1. The van der Waals surface area contributed by atoms with E-state index in [9.17, 15) is 0 Å². The molecule has 15 heavy (non-hydrogen) atoms. The highest BCUT2D eigenvalue weighted by molar-refractivity contribution is 9.09. The molecule has 0 bridgehead atoms. The molecule has 3 nitrogen and oxygen atoms in total. The first-order valence-corrected chi connectivity index (χ1v) is 7.09. The Kier molecular flexibility index (Phi) is 4.13. The van der Waals surface area contributed by atoms with Crippen LogP contribution in [0, 0.1) is 0 Å². The number of hydrogen-bond donors (Lipinski definition) is 0. The molecular weight excluding hydrogens is 276 g/mol. The molecule has 0 aromatic carbocycles. The predicted molar refractivity (Wildman–Crippen MR) is 65.5 cm³/mol. The molecule has 0 N–H and O–H groups in total. The number of nitrogens with zero attached hydrogens (tertiary/aromatic N) is 2. The summed E-state index contributed by atoms with van der Waals surface area (Å²) in [6.07, 6.45) is 2.19. The van der Waals surface area contributed by atoms with Crippen LogP contribution >= 0.6 is 27.3 Å². The third kappa shape index (κ3) is 3.00. The highest BCUT2D eigenvalue weighted by Gasteiger charge is 2.25. The zero-order valence-electron chi connectivity index (χ0n) is 8.73. The summed E-state index contributed by atoms with van der Waals surface area (Å²) in [5.41, 5.74) is 0. The first kappa shape index (κ1) is 11.5. The average Bonchev–Trinajstić information content (AvgIpc) is 2.74. The Morgan fingerprint density at radius 3 is 3.27 bits per heavy atom. The molecule has 84 valence electrons. The van der Waals surface area contributed by atoms with E-state index in [1.165, 1.54) is 5.01 Å². The van der Waals surface area contributed by atoms with Crippen LogP contribution in [-0.2, 0) is 11.3 Å². The number of rotatable bonds is 3. The Labute approximate surface area is 103 Å². The van der Waals surface area contributed by atoms with E-state index in [4.69, 9.17) is 4.74 Å². The lowest BCUT2D eigenvalue weighted by Crippen LogP contribution is -2.48.